The molecule has 3 fully saturated rings. The SMILES string of the molecule is CN(C(=O)OC(C)(C)C)[C@@H]1[C@@H](O)[C@@H](O[C@@H]2[C@@H](O)[C@H](O[C@H]3OC(CNS(=O)(=O)c4ccccc4[N+](=O)[O-])=CC[C@H]3NC(=O)OC(C)(C)C)[C@@H](NC(=O)OC(C)(C)C)C[C@H]2NC(=O)C2(O)CN(C(=O)OC(C)(C)C)C2)OC[C@]1(C)O. The molecule has 0 radical (unpaired) electrons. The summed E-state index contributed by atoms with van der Waals surface area (Å²) in [5.41, 5.74) is -8.92. The highest BCUT2D eigenvalue weighted by Crippen LogP contribution is 2.36. The number of nitro benzene ring substituents is 1. The monoisotopic (exact) mass is 1130 g/mol. The molecular formula is C49H77N7O21S. The van der Waals surface area contributed by atoms with Crippen molar-refractivity contribution in [3.05, 3.63) is 46.2 Å². The molecule has 2 saturated heterocycles. The number of carbonyl (C=O) groups is 5. The Hall–Kier alpha value is -5.66. The lowest BCUT2D eigenvalue weighted by Gasteiger charge is -2.51. The van der Waals surface area contributed by atoms with Crippen LogP contribution in [0, 0.1) is 10.1 Å². The Bertz CT molecular complexity index is 2510. The second kappa shape index (κ2) is 23.6. The van der Waals surface area contributed by atoms with Crippen molar-refractivity contribution in [2.24, 2.45) is 0 Å². The molecular weight excluding hydrogens is 1050 g/mol. The Labute approximate surface area is 452 Å². The van der Waals surface area contributed by atoms with Crippen LogP contribution in [0.25, 0.3) is 0 Å². The van der Waals surface area contributed by atoms with Gasteiger partial charge in [-0.05, 0) is 115 Å². The number of β-amino-alcohol motifs (C(OH)–C–C–N with tert-alkyl or cyclic N) is 1. The van der Waals surface area contributed by atoms with Crippen LogP contribution in [0.2, 0.25) is 0 Å². The minimum Gasteiger partial charge on any atom is -0.466 e. The molecule has 440 valence electrons. The molecule has 0 bridgehead atoms. The number of benzene rings is 1. The molecule has 29 heteroatoms. The maximum absolute atomic E-state index is 14.2. The maximum atomic E-state index is 14.2. The predicted molar refractivity (Wildman–Crippen MR) is 271 cm³/mol. The van der Waals surface area contributed by atoms with E-state index < -0.39 is 183 Å². The van der Waals surface area contributed by atoms with Gasteiger partial charge in [0.15, 0.2) is 16.8 Å². The van der Waals surface area contributed by atoms with Crippen molar-refractivity contribution < 1.29 is 95.6 Å². The van der Waals surface area contributed by atoms with Crippen molar-refractivity contribution in [1.82, 2.24) is 30.5 Å². The largest absolute Gasteiger partial charge is 0.466 e. The normalized spacial score (nSPS) is 28.5. The van der Waals surface area contributed by atoms with E-state index in [2.05, 4.69) is 20.7 Å². The number of nitrogens with one attached hydrogen (secondary N) is 4. The number of likely N-dealkylation sites (tertiary alicyclic amines) is 1. The number of hydrogen-bond acceptors (Lipinski definition) is 21. The van der Waals surface area contributed by atoms with Crippen molar-refractivity contribution in [1.29, 1.82) is 0 Å². The van der Waals surface area contributed by atoms with E-state index in [9.17, 15) is 62.9 Å². The van der Waals surface area contributed by atoms with Gasteiger partial charge in [-0.1, -0.05) is 12.1 Å². The van der Waals surface area contributed by atoms with Crippen molar-refractivity contribution >= 4 is 46.0 Å². The van der Waals surface area contributed by atoms with Crippen LogP contribution in [0.15, 0.2) is 41.0 Å². The van der Waals surface area contributed by atoms with Gasteiger partial charge >= 0.3 is 24.4 Å². The van der Waals surface area contributed by atoms with Gasteiger partial charge < -0.3 is 84.1 Å². The summed E-state index contributed by atoms with van der Waals surface area (Å²) >= 11 is 0. The maximum Gasteiger partial charge on any atom is 0.410 e. The second-order valence-corrected chi connectivity index (χ2v) is 25.6. The number of nitro groups is 1. The predicted octanol–water partition coefficient (Wildman–Crippen LogP) is 2.00. The van der Waals surface area contributed by atoms with Crippen molar-refractivity contribution in [3.63, 3.8) is 0 Å². The van der Waals surface area contributed by atoms with Gasteiger partial charge in [0.05, 0.1) is 55.3 Å². The molecule has 1 aliphatic carbocycles. The molecule has 78 heavy (non-hydrogen) atoms. The smallest absolute Gasteiger partial charge is 0.410 e. The van der Waals surface area contributed by atoms with Gasteiger partial charge in [-0.2, -0.15) is 0 Å². The Morgan fingerprint density at radius 3 is 1.83 bits per heavy atom. The van der Waals surface area contributed by atoms with Crippen LogP contribution in [0.3, 0.4) is 0 Å². The van der Waals surface area contributed by atoms with E-state index in [4.69, 9.17) is 37.9 Å². The Kier molecular flexibility index (Phi) is 19.1. The number of hydrogen-bond donors (Lipinski definition) is 8. The third-order valence-electron chi connectivity index (χ3n) is 12.1. The summed E-state index contributed by atoms with van der Waals surface area (Å²) in [6.45, 7) is 18.3. The third-order valence-corrected chi connectivity index (χ3v) is 13.6. The number of amides is 5. The van der Waals surface area contributed by atoms with Gasteiger partial charge in [0.2, 0.25) is 16.3 Å². The molecule has 0 unspecified atom stereocenters. The average molecular weight is 1130 g/mol. The highest BCUT2D eigenvalue weighted by atomic mass is 32.2. The van der Waals surface area contributed by atoms with Crippen molar-refractivity contribution in [2.75, 3.05) is 33.3 Å². The first-order valence-electron chi connectivity index (χ1n) is 25.1. The average Bonchev–Trinajstić information content (AvgIpc) is 3.25. The molecule has 5 amide bonds. The number of carbonyl (C=O) groups excluding carboxylic acids is 5. The summed E-state index contributed by atoms with van der Waals surface area (Å²) in [7, 11) is -3.33. The number of sulfonamides is 1. The Balaban J connectivity index is 1.56. The van der Waals surface area contributed by atoms with E-state index in [0.717, 1.165) is 21.9 Å². The minimum absolute atomic E-state index is 0.135. The van der Waals surface area contributed by atoms with E-state index in [1.165, 1.54) is 32.2 Å². The highest BCUT2D eigenvalue weighted by molar-refractivity contribution is 7.89. The molecule has 1 aromatic rings. The van der Waals surface area contributed by atoms with Gasteiger partial charge in [-0.3, -0.25) is 14.9 Å². The fraction of sp³-hybridized carbons (Fsp3) is 0.735. The van der Waals surface area contributed by atoms with Gasteiger partial charge in [0.1, 0.15) is 58.2 Å². The first-order valence-corrected chi connectivity index (χ1v) is 26.6. The Morgan fingerprint density at radius 1 is 0.782 bits per heavy atom. The molecule has 1 saturated carbocycles. The zero-order valence-electron chi connectivity index (χ0n) is 46.4. The summed E-state index contributed by atoms with van der Waals surface area (Å²) in [5.74, 6) is -1.21. The number of likely N-dealkylation sites (N-methyl/N-ethyl adjacent to an activating group) is 1. The molecule has 3 heterocycles. The number of aliphatic hydroxyl groups excluding tert-OH is 2. The van der Waals surface area contributed by atoms with Crippen LogP contribution in [0.1, 0.15) is 103 Å². The zero-order chi connectivity index (χ0) is 58.9. The summed E-state index contributed by atoms with van der Waals surface area (Å²) in [5, 5.41) is 67.5. The second-order valence-electron chi connectivity index (χ2n) is 23.9. The summed E-state index contributed by atoms with van der Waals surface area (Å²) < 4.78 is 76.2. The van der Waals surface area contributed by atoms with E-state index in [1.807, 2.05) is 0 Å². The van der Waals surface area contributed by atoms with Crippen molar-refractivity contribution in [2.45, 2.75) is 203 Å². The van der Waals surface area contributed by atoms with Crippen LogP contribution >= 0.6 is 0 Å². The van der Waals surface area contributed by atoms with E-state index in [-0.39, 0.29) is 12.2 Å². The number of rotatable bonds is 14. The molecule has 4 aliphatic rings. The van der Waals surface area contributed by atoms with Crippen molar-refractivity contribution in [3.8, 4) is 0 Å². The summed E-state index contributed by atoms with van der Waals surface area (Å²) in [6.07, 6.45) is -14.1. The molecule has 0 spiro atoms. The molecule has 11 atom stereocenters. The number of alkyl carbamates (subject to hydrolysis) is 2. The molecule has 3 aliphatic heterocycles. The fourth-order valence-electron chi connectivity index (χ4n) is 8.81. The topological polar surface area (TPSA) is 372 Å². The lowest BCUT2D eigenvalue weighted by molar-refractivity contribution is -0.387. The Morgan fingerprint density at radius 2 is 1.29 bits per heavy atom. The molecule has 28 nitrogen and oxygen atoms in total. The molecule has 1 aromatic carbocycles. The number of ether oxygens (including phenoxy) is 8. The molecule has 8 N–H and O–H groups in total. The standard InChI is InChI=1S/C49H77N7O21S/c1-44(2,3)74-40(60)52-27-20-19-26(22-50-78(68,69)31-18-16-15-17-30(31)56(66)67)71-37(27)72-35-29(53-41(61)75-45(4,5)6)21-28(51-39(59)49(65)23-55(24-49)43(63)77-47(10,11)12)34(32(35)57)73-38-33(58)36(48(13,64)25-70-38)54(14)42(62)76-46(7,8)9/h15-19,27-29,32-38,50,57-58,64-65H,20-25H2,1-14H3,(H,51,59)(H,52,60)(H,53,61)/t27-,28-,29+,32-,33-,34+,35-,36-,37-,38-,48+/m1/s1. The summed E-state index contributed by atoms with van der Waals surface area (Å²) in [6, 6.07) is -1.02. The van der Waals surface area contributed by atoms with Crippen LogP contribution in [0.4, 0.5) is 24.9 Å². The van der Waals surface area contributed by atoms with Crippen LogP contribution in [-0.4, -0.2) is 202 Å². The van der Waals surface area contributed by atoms with Gasteiger partial charge in [-0.15, -0.1) is 0 Å². The van der Waals surface area contributed by atoms with E-state index in [1.54, 1.807) is 83.1 Å². The van der Waals surface area contributed by atoms with E-state index >= 15 is 0 Å². The number of nitrogens with zero attached hydrogens (tertiary/aromatic N) is 3. The van der Waals surface area contributed by atoms with Crippen LogP contribution < -0.4 is 20.7 Å². The first kappa shape index (κ1) is 63.2. The van der Waals surface area contributed by atoms with Crippen LogP contribution in [-0.2, 0) is 52.7 Å². The van der Waals surface area contributed by atoms with Crippen LogP contribution in [0.5, 0.6) is 0 Å². The van der Waals surface area contributed by atoms with E-state index in [0.29, 0.717) is 0 Å². The van der Waals surface area contributed by atoms with Gasteiger partial charge in [0, 0.05) is 13.1 Å². The minimum atomic E-state index is -4.59. The molecule has 0 aromatic heterocycles. The quantitative estimate of drug-likeness (QED) is 0.0750. The number of para-hydroxylation sites is 1. The lowest BCUT2D eigenvalue weighted by Crippen LogP contribution is -2.74. The van der Waals surface area contributed by atoms with Gasteiger partial charge in [0.25, 0.3) is 11.6 Å². The first-order chi connectivity index (χ1) is 35.6. The third kappa shape index (κ3) is 16.7. The zero-order valence-corrected chi connectivity index (χ0v) is 47.2. The lowest BCUT2D eigenvalue weighted by atomic mass is 9.82. The summed E-state index contributed by atoms with van der Waals surface area (Å²) in [4.78, 5) is 79.7. The molecule has 5 rings (SSSR count). The van der Waals surface area contributed by atoms with Gasteiger partial charge in [-0.25, -0.2) is 32.3 Å². The number of aliphatic hydroxyl groups is 4. The fourth-order valence-corrected chi connectivity index (χ4v) is 9.97. The highest BCUT2D eigenvalue weighted by Gasteiger charge is 2.57.